The van der Waals surface area contributed by atoms with Crippen molar-refractivity contribution in [2.75, 3.05) is 13.7 Å². The van der Waals surface area contributed by atoms with Crippen LogP contribution in [-0.2, 0) is 9.53 Å². The zero-order valence-electron chi connectivity index (χ0n) is 13.3. The second-order valence-corrected chi connectivity index (χ2v) is 6.52. The second-order valence-electron chi connectivity index (χ2n) is 6.52. The van der Waals surface area contributed by atoms with Crippen LogP contribution in [0.4, 0.5) is 0 Å². The van der Waals surface area contributed by atoms with Crippen molar-refractivity contribution >= 4 is 6.29 Å². The molecule has 0 amide bonds. The Kier molecular flexibility index (Phi) is 7.06. The molecule has 0 N–H and O–H groups in total. The van der Waals surface area contributed by atoms with Crippen molar-refractivity contribution in [1.82, 2.24) is 0 Å². The van der Waals surface area contributed by atoms with E-state index in [9.17, 15) is 4.79 Å². The predicted octanol–water partition coefficient (Wildman–Crippen LogP) is 4.47. The van der Waals surface area contributed by atoms with E-state index in [1.807, 2.05) is 0 Å². The molecule has 2 heteroatoms. The predicted molar refractivity (Wildman–Crippen MR) is 80.2 cm³/mol. The molecule has 0 heterocycles. The Labute approximate surface area is 119 Å². The topological polar surface area (TPSA) is 26.3 Å². The summed E-state index contributed by atoms with van der Waals surface area (Å²) in [4.78, 5) is 11.7. The molecule has 112 valence electrons. The monoisotopic (exact) mass is 268 g/mol. The van der Waals surface area contributed by atoms with Crippen LogP contribution < -0.4 is 0 Å². The van der Waals surface area contributed by atoms with E-state index in [4.69, 9.17) is 4.74 Å². The van der Waals surface area contributed by atoms with Crippen molar-refractivity contribution in [2.24, 2.45) is 23.2 Å². The maximum absolute atomic E-state index is 11.7. The molecule has 2 nitrogen and oxygen atoms in total. The average Bonchev–Trinajstić information content (AvgIpc) is 2.40. The molecule has 0 aromatic rings. The quantitative estimate of drug-likeness (QED) is 0.479. The molecule has 0 saturated heterocycles. The second kappa shape index (κ2) is 8.04. The fourth-order valence-electron chi connectivity index (χ4n) is 4.20. The van der Waals surface area contributed by atoms with Gasteiger partial charge in [0, 0.05) is 18.4 Å². The van der Waals surface area contributed by atoms with Crippen molar-refractivity contribution in [2.45, 2.75) is 65.7 Å². The van der Waals surface area contributed by atoms with Gasteiger partial charge < -0.3 is 9.53 Å². The van der Waals surface area contributed by atoms with Gasteiger partial charge in [-0.05, 0) is 18.3 Å². The summed E-state index contributed by atoms with van der Waals surface area (Å²) in [5, 5.41) is 0. The van der Waals surface area contributed by atoms with Gasteiger partial charge in [0.15, 0.2) is 0 Å². The van der Waals surface area contributed by atoms with Crippen molar-refractivity contribution < 1.29 is 9.53 Å². The Morgan fingerprint density at radius 3 is 2.37 bits per heavy atom. The van der Waals surface area contributed by atoms with Gasteiger partial charge in [0.2, 0.25) is 0 Å². The van der Waals surface area contributed by atoms with Crippen molar-refractivity contribution in [1.29, 1.82) is 0 Å². The number of rotatable bonds is 8. The number of carbonyl (C=O) groups is 1. The molecule has 1 aliphatic rings. The first kappa shape index (κ1) is 16.7. The third-order valence-electron chi connectivity index (χ3n) is 5.48. The molecule has 1 saturated carbocycles. The van der Waals surface area contributed by atoms with Gasteiger partial charge in [-0.25, -0.2) is 0 Å². The molecule has 0 aromatic carbocycles. The summed E-state index contributed by atoms with van der Waals surface area (Å²) in [6.07, 6.45) is 9.67. The van der Waals surface area contributed by atoms with Crippen LogP contribution in [-0.4, -0.2) is 20.0 Å². The number of carbonyl (C=O) groups excluding carboxylic acids is 1. The number of hydrogen-bond donors (Lipinski definition) is 0. The first-order valence-corrected chi connectivity index (χ1v) is 8.07. The minimum absolute atomic E-state index is 0.0719. The molecular formula is C17H32O2. The van der Waals surface area contributed by atoms with E-state index < -0.39 is 0 Å². The fourth-order valence-corrected chi connectivity index (χ4v) is 4.20. The Balaban J connectivity index is 2.89. The minimum Gasteiger partial charge on any atom is -0.384 e. The molecule has 0 bridgehead atoms. The molecule has 3 unspecified atom stereocenters. The number of unbranched alkanes of at least 4 members (excludes halogenated alkanes) is 2. The maximum Gasteiger partial charge on any atom is 0.123 e. The zero-order chi connectivity index (χ0) is 14.3. The van der Waals surface area contributed by atoms with Gasteiger partial charge in [0.05, 0.1) is 6.61 Å². The SMILES string of the molecule is CCCCCC(C=O)C1(COC)C(C)CCCC1C. The van der Waals surface area contributed by atoms with Gasteiger partial charge in [0.25, 0.3) is 0 Å². The minimum atomic E-state index is 0.0719. The lowest BCUT2D eigenvalue weighted by Gasteiger charge is -2.50. The fraction of sp³-hybridized carbons (Fsp3) is 0.941. The van der Waals surface area contributed by atoms with Crippen LogP contribution in [0.1, 0.15) is 65.7 Å². The maximum atomic E-state index is 11.7. The molecular weight excluding hydrogens is 236 g/mol. The summed E-state index contributed by atoms with van der Waals surface area (Å²) < 4.78 is 5.56. The standard InChI is InChI=1S/C17H32O2/c1-5-6-7-11-16(12-18)17(13-19-4)14(2)9-8-10-15(17)3/h12,14-16H,5-11,13H2,1-4H3. The summed E-state index contributed by atoms with van der Waals surface area (Å²) in [7, 11) is 1.78. The molecule has 0 spiro atoms. The molecule has 0 radical (unpaired) electrons. The summed E-state index contributed by atoms with van der Waals surface area (Å²) in [5.41, 5.74) is 0.0719. The van der Waals surface area contributed by atoms with Crippen LogP contribution in [0.3, 0.4) is 0 Å². The van der Waals surface area contributed by atoms with Crippen LogP contribution in [0.15, 0.2) is 0 Å². The highest BCUT2D eigenvalue weighted by Crippen LogP contribution is 2.51. The highest BCUT2D eigenvalue weighted by atomic mass is 16.5. The first-order chi connectivity index (χ1) is 9.13. The van der Waals surface area contributed by atoms with E-state index in [0.717, 1.165) is 13.0 Å². The van der Waals surface area contributed by atoms with E-state index in [2.05, 4.69) is 20.8 Å². The third-order valence-corrected chi connectivity index (χ3v) is 5.48. The van der Waals surface area contributed by atoms with Gasteiger partial charge in [-0.3, -0.25) is 0 Å². The summed E-state index contributed by atoms with van der Waals surface area (Å²) in [6.45, 7) is 7.60. The van der Waals surface area contributed by atoms with E-state index in [0.29, 0.717) is 11.8 Å². The lowest BCUT2D eigenvalue weighted by molar-refractivity contribution is -0.128. The van der Waals surface area contributed by atoms with Gasteiger partial charge in [0.1, 0.15) is 6.29 Å². The lowest BCUT2D eigenvalue weighted by atomic mass is 9.55. The molecule has 3 atom stereocenters. The molecule has 1 rings (SSSR count). The van der Waals surface area contributed by atoms with E-state index in [1.54, 1.807) is 7.11 Å². The summed E-state index contributed by atoms with van der Waals surface area (Å²) in [5.74, 6) is 1.35. The number of aldehydes is 1. The van der Waals surface area contributed by atoms with Crippen LogP contribution in [0.2, 0.25) is 0 Å². The molecule has 0 aromatic heterocycles. The number of methoxy groups -OCH3 is 1. The zero-order valence-corrected chi connectivity index (χ0v) is 13.3. The highest BCUT2D eigenvalue weighted by molar-refractivity contribution is 5.55. The van der Waals surface area contributed by atoms with Crippen LogP contribution in [0, 0.1) is 23.2 Å². The molecule has 1 fully saturated rings. The Hall–Kier alpha value is -0.370. The van der Waals surface area contributed by atoms with Gasteiger partial charge >= 0.3 is 0 Å². The molecule has 19 heavy (non-hydrogen) atoms. The first-order valence-electron chi connectivity index (χ1n) is 8.07. The summed E-state index contributed by atoms with van der Waals surface area (Å²) >= 11 is 0. The van der Waals surface area contributed by atoms with Crippen LogP contribution in [0.25, 0.3) is 0 Å². The van der Waals surface area contributed by atoms with Gasteiger partial charge in [-0.1, -0.05) is 59.3 Å². The largest absolute Gasteiger partial charge is 0.384 e. The summed E-state index contributed by atoms with van der Waals surface area (Å²) in [6, 6.07) is 0. The van der Waals surface area contributed by atoms with Crippen molar-refractivity contribution in [3.05, 3.63) is 0 Å². The van der Waals surface area contributed by atoms with E-state index in [1.165, 1.54) is 44.8 Å². The van der Waals surface area contributed by atoms with Gasteiger partial charge in [-0.15, -0.1) is 0 Å². The molecule has 0 aliphatic heterocycles. The van der Waals surface area contributed by atoms with E-state index in [-0.39, 0.29) is 11.3 Å². The van der Waals surface area contributed by atoms with Crippen molar-refractivity contribution in [3.8, 4) is 0 Å². The lowest BCUT2D eigenvalue weighted by Crippen LogP contribution is -2.49. The normalized spacial score (nSPS) is 33.1. The number of ether oxygens (including phenoxy) is 1. The van der Waals surface area contributed by atoms with Crippen molar-refractivity contribution in [3.63, 3.8) is 0 Å². The molecule has 1 aliphatic carbocycles. The van der Waals surface area contributed by atoms with Crippen LogP contribution in [0.5, 0.6) is 0 Å². The smallest absolute Gasteiger partial charge is 0.123 e. The van der Waals surface area contributed by atoms with Crippen LogP contribution >= 0.6 is 0 Å². The Morgan fingerprint density at radius 1 is 1.26 bits per heavy atom. The number of hydrogen-bond acceptors (Lipinski definition) is 2. The van der Waals surface area contributed by atoms with Gasteiger partial charge in [-0.2, -0.15) is 0 Å². The highest BCUT2D eigenvalue weighted by Gasteiger charge is 2.48. The van der Waals surface area contributed by atoms with E-state index >= 15 is 0 Å². The third kappa shape index (κ3) is 3.59. The average molecular weight is 268 g/mol. The Bertz CT molecular complexity index is 252. The Morgan fingerprint density at radius 2 is 1.89 bits per heavy atom.